The molecule has 0 amide bonds. The molecule has 0 spiro atoms. The van der Waals surface area contributed by atoms with E-state index in [2.05, 4.69) is 48.5 Å². The van der Waals surface area contributed by atoms with E-state index in [1.807, 2.05) is 12.1 Å². The molecule has 0 saturated carbocycles. The van der Waals surface area contributed by atoms with E-state index in [1.54, 1.807) is 29.7 Å². The molecule has 444 valence electrons. The van der Waals surface area contributed by atoms with Crippen molar-refractivity contribution in [2.75, 3.05) is 44.1 Å². The maximum Gasteiger partial charge on any atom is 0.490 e. The first-order valence-electron chi connectivity index (χ1n) is 24.1. The summed E-state index contributed by atoms with van der Waals surface area (Å²) in [6.07, 6.45) is -12.4. The van der Waals surface area contributed by atoms with Gasteiger partial charge in [-0.3, -0.25) is 51.4 Å². The molecule has 0 radical (unpaired) electrons. The predicted octanol–water partition coefficient (Wildman–Crippen LogP) is -1.53. The number of ether oxygens (including phenoxy) is 4. The number of methoxy groups -OCH3 is 1. The Labute approximate surface area is 457 Å². The van der Waals surface area contributed by atoms with E-state index in [-0.39, 0.29) is 64.2 Å². The summed E-state index contributed by atoms with van der Waals surface area (Å²) in [5.74, 6) is -1.50. The van der Waals surface area contributed by atoms with Crippen molar-refractivity contribution < 1.29 is 103 Å². The lowest BCUT2D eigenvalue weighted by Crippen LogP contribution is -2.45. The lowest BCUT2D eigenvalue weighted by Gasteiger charge is -2.26. The lowest BCUT2D eigenvalue weighted by atomic mass is 9.95. The van der Waals surface area contributed by atoms with E-state index in [0.717, 1.165) is 36.2 Å². The molecule has 16 atom stereocenters. The SMILES string of the molecule is CC[C@H]1[C@@H](O)[C@H]([n+]2cn(Cc3ccccc3)c3c(=O)[nH]c(N)nc32)O[C@@H]1COP(=O)(O)OP(=O)(O)OP(=O)(O)OC[C@H]1O[C@@H](n2cnc3c(N)ncnc32)[C@H](OC)[C@@H]1OP(=O)(O)OC[C@H]1O[C@@H](n2cnc3c(=O)[nH]c(N)nc32)[C@H](O)[C@@H]1O. The van der Waals surface area contributed by atoms with Crippen LogP contribution in [-0.4, -0.2) is 164 Å². The van der Waals surface area contributed by atoms with Crippen molar-refractivity contribution in [1.29, 1.82) is 0 Å². The highest BCUT2D eigenvalue weighted by molar-refractivity contribution is 7.66. The molecule has 42 heteroatoms. The van der Waals surface area contributed by atoms with Crippen LogP contribution in [0.1, 0.15) is 37.6 Å². The normalized spacial score (nSPS) is 28.8. The molecule has 6 aromatic heterocycles. The van der Waals surface area contributed by atoms with Crippen molar-refractivity contribution in [2.24, 2.45) is 5.92 Å². The number of fused-ring (bicyclic) bond motifs is 3. The summed E-state index contributed by atoms with van der Waals surface area (Å²) < 4.78 is 111. The molecular weight excluding hydrogens is 1180 g/mol. The molecule has 82 heavy (non-hydrogen) atoms. The average molecular weight is 1230 g/mol. The number of H-pyrrole nitrogens is 2. The first-order chi connectivity index (χ1) is 38.8. The summed E-state index contributed by atoms with van der Waals surface area (Å²) in [6, 6.07) is 9.03. The smallest absolute Gasteiger partial charge is 0.387 e. The fraction of sp³-hybridized carbons (Fsp3) is 0.475. The van der Waals surface area contributed by atoms with Crippen molar-refractivity contribution in [3.63, 3.8) is 0 Å². The third kappa shape index (κ3) is 12.1. The summed E-state index contributed by atoms with van der Waals surface area (Å²) in [5, 5.41) is 33.3. The molecule has 3 fully saturated rings. The van der Waals surface area contributed by atoms with E-state index < -0.39 is 136 Å². The number of hydrogen-bond donors (Lipinski definition) is 12. The molecule has 1 aromatic carbocycles. The summed E-state index contributed by atoms with van der Waals surface area (Å²) in [6.45, 7) is -1.30. The second-order valence-corrected chi connectivity index (χ2v) is 24.6. The van der Waals surface area contributed by atoms with Crippen molar-refractivity contribution in [2.45, 2.75) is 87.4 Å². The van der Waals surface area contributed by atoms with Gasteiger partial charge in [0.05, 0.1) is 45.1 Å². The van der Waals surface area contributed by atoms with E-state index in [9.17, 15) is 62.7 Å². The number of nitrogens with two attached hydrogens (primary N) is 3. The van der Waals surface area contributed by atoms with E-state index in [1.165, 1.54) is 15.5 Å². The first kappa shape index (κ1) is 59.3. The molecule has 3 aliphatic heterocycles. The minimum Gasteiger partial charge on any atom is -0.387 e. The third-order valence-electron chi connectivity index (χ3n) is 13.3. The maximum atomic E-state index is 13.8. The molecule has 10 rings (SSSR count). The fourth-order valence-corrected chi connectivity index (χ4v) is 14.2. The van der Waals surface area contributed by atoms with Gasteiger partial charge in [-0.1, -0.05) is 42.2 Å². The van der Waals surface area contributed by atoms with Crippen LogP contribution in [0.2, 0.25) is 0 Å². The largest absolute Gasteiger partial charge is 0.490 e. The van der Waals surface area contributed by atoms with Gasteiger partial charge in [-0.15, -0.1) is 0 Å². The van der Waals surface area contributed by atoms with Crippen LogP contribution in [0, 0.1) is 5.92 Å². The zero-order valence-electron chi connectivity index (χ0n) is 42.3. The van der Waals surface area contributed by atoms with Crippen LogP contribution in [-0.2, 0) is 70.5 Å². The van der Waals surface area contributed by atoms with Crippen LogP contribution in [0.5, 0.6) is 0 Å². The number of aliphatic hydroxyl groups excluding tert-OH is 3. The molecule has 15 N–H and O–H groups in total. The topological polar surface area (TPSA) is 542 Å². The number of imidazole rings is 3. The Bertz CT molecular complexity index is 3830. The molecule has 4 unspecified atom stereocenters. The van der Waals surface area contributed by atoms with Crippen LogP contribution < -0.4 is 32.9 Å². The number of phosphoric acid groups is 4. The van der Waals surface area contributed by atoms with Gasteiger partial charge in [0, 0.05) is 13.0 Å². The van der Waals surface area contributed by atoms with Gasteiger partial charge < -0.3 is 71.0 Å². The summed E-state index contributed by atoms with van der Waals surface area (Å²) in [5.41, 5.74) is 16.8. The van der Waals surface area contributed by atoms with Crippen LogP contribution in [0.15, 0.2) is 65.2 Å². The third-order valence-corrected chi connectivity index (χ3v) is 18.5. The van der Waals surface area contributed by atoms with Crippen LogP contribution in [0.3, 0.4) is 0 Å². The molecule has 3 aliphatic rings. The Morgan fingerprint density at radius 1 is 0.683 bits per heavy atom. The zero-order valence-corrected chi connectivity index (χ0v) is 45.9. The van der Waals surface area contributed by atoms with Gasteiger partial charge in [-0.25, -0.2) is 42.8 Å². The highest BCUT2D eigenvalue weighted by atomic mass is 31.3. The Morgan fingerprint density at radius 2 is 1.29 bits per heavy atom. The fourth-order valence-electron chi connectivity index (χ4n) is 9.69. The van der Waals surface area contributed by atoms with Crippen LogP contribution >= 0.6 is 31.3 Å². The number of aromatic nitrogens is 12. The van der Waals surface area contributed by atoms with E-state index >= 15 is 0 Å². The van der Waals surface area contributed by atoms with Crippen molar-refractivity contribution >= 4 is 82.5 Å². The maximum absolute atomic E-state index is 13.8. The van der Waals surface area contributed by atoms with E-state index in [0.29, 0.717) is 0 Å². The zero-order chi connectivity index (χ0) is 58.8. The summed E-state index contributed by atoms with van der Waals surface area (Å²) >= 11 is 0. The van der Waals surface area contributed by atoms with Gasteiger partial charge in [0.15, 0.2) is 41.4 Å². The Kier molecular flexibility index (Phi) is 16.6. The monoisotopic (exact) mass is 1230 g/mol. The van der Waals surface area contributed by atoms with Gasteiger partial charge in [0.25, 0.3) is 17.1 Å². The van der Waals surface area contributed by atoms with Crippen molar-refractivity contribution in [1.82, 2.24) is 53.6 Å². The molecular formula is C40H52N15O23P4+. The van der Waals surface area contributed by atoms with Gasteiger partial charge in [0.1, 0.15) is 54.6 Å². The van der Waals surface area contributed by atoms with E-state index in [4.69, 9.17) is 54.2 Å². The first-order valence-corrected chi connectivity index (χ1v) is 30.1. The Balaban J connectivity index is 0.805. The number of rotatable bonds is 22. The molecule has 7 aromatic rings. The molecule has 9 heterocycles. The molecule has 38 nitrogen and oxygen atoms in total. The quantitative estimate of drug-likeness (QED) is 0.0270. The summed E-state index contributed by atoms with van der Waals surface area (Å²) in [4.78, 5) is 97.6. The Morgan fingerprint density at radius 3 is 1.98 bits per heavy atom. The second-order valence-electron chi connectivity index (χ2n) is 18.6. The van der Waals surface area contributed by atoms with Gasteiger partial charge >= 0.3 is 36.9 Å². The van der Waals surface area contributed by atoms with Crippen molar-refractivity contribution in [3.05, 3.63) is 81.9 Å². The second kappa shape index (κ2) is 22.9. The highest BCUT2D eigenvalue weighted by Gasteiger charge is 2.54. The number of aromatic amines is 2. The van der Waals surface area contributed by atoms with Gasteiger partial charge in [-0.2, -0.15) is 13.6 Å². The number of nitrogen functional groups attached to an aromatic ring is 3. The van der Waals surface area contributed by atoms with Crippen LogP contribution in [0.25, 0.3) is 33.5 Å². The number of nitrogens with one attached hydrogen (secondary N) is 2. The molecule has 0 aliphatic carbocycles. The van der Waals surface area contributed by atoms with Gasteiger partial charge in [-0.05, 0) is 12.0 Å². The lowest BCUT2D eigenvalue weighted by molar-refractivity contribution is -0.746. The van der Waals surface area contributed by atoms with Gasteiger partial charge in [0.2, 0.25) is 17.7 Å². The molecule has 0 bridgehead atoms. The minimum atomic E-state index is -6.18. The van der Waals surface area contributed by atoms with Crippen molar-refractivity contribution in [3.8, 4) is 0 Å². The predicted molar refractivity (Wildman–Crippen MR) is 271 cm³/mol. The molecule has 3 saturated heterocycles. The standard InChI is InChI=1S/C40H51N15O23P4/c1-3-18-19(73-36(25(18)56)55-16-52(9-17-7-5-4-6-8-17)24-33(55)49-40(43)51-35(24)60)10-71-80(63,64)77-82(67,68)78-81(65,66)72-12-21-28(29(69-2)38(75-21)53-14-46-22-30(41)44-13-45-31(22)53)76-79(61,62)70-11-20-26(57)27(58)37(74-20)54-15-47-23-32(54)48-39(42)50-34(23)59/h4-8,13-16,18-21,25-29,36-38,56-58H,3,9-12H2,1-2H3,(H11-,41,42,43,44,45,48,49,50,51,59,60,61,62,63,64,65,66,67,68)/p+1/t18-,19-,20-,21-,25-,26-,27-,28-,29-,36-,37-,38-/m1/s1. The number of benzene rings is 1. The average Bonchev–Trinajstić information content (AvgIpc) is 4.31. The summed E-state index contributed by atoms with van der Waals surface area (Å²) in [7, 11) is -22.3. The highest BCUT2D eigenvalue weighted by Crippen LogP contribution is 2.68. The number of aliphatic hydroxyl groups is 3. The Hall–Kier alpha value is -5.89. The number of nitrogens with zero attached hydrogens (tertiary/aromatic N) is 10. The number of hydrogen-bond acceptors (Lipinski definition) is 28. The minimum absolute atomic E-state index is 0.00983. The number of phosphoric ester groups is 3. The number of anilines is 3. The van der Waals surface area contributed by atoms with Crippen LogP contribution in [0.4, 0.5) is 17.7 Å².